The Morgan fingerprint density at radius 1 is 1.03 bits per heavy atom. The Hall–Kier alpha value is -2.73. The van der Waals surface area contributed by atoms with E-state index >= 15 is 0 Å². The molecule has 0 aromatic carbocycles. The molecular formula is C19H29NO11. The van der Waals surface area contributed by atoms with E-state index in [1.165, 1.54) is 13.8 Å². The summed E-state index contributed by atoms with van der Waals surface area (Å²) in [6, 6.07) is -0.937. The molecule has 0 spiro atoms. The molecule has 0 aromatic rings. The van der Waals surface area contributed by atoms with Crippen LogP contribution in [0.1, 0.15) is 47.0 Å². The lowest BCUT2D eigenvalue weighted by Crippen LogP contribution is -2.71. The van der Waals surface area contributed by atoms with Crippen molar-refractivity contribution in [2.24, 2.45) is 0 Å². The van der Waals surface area contributed by atoms with Crippen molar-refractivity contribution in [3.8, 4) is 0 Å². The number of carboxylic acid groups (broad SMARTS) is 1. The Morgan fingerprint density at radius 3 is 2.23 bits per heavy atom. The highest BCUT2D eigenvalue weighted by Gasteiger charge is 2.60. The van der Waals surface area contributed by atoms with Gasteiger partial charge >= 0.3 is 23.9 Å². The first-order chi connectivity index (χ1) is 14.5. The third kappa shape index (κ3) is 8.50. The van der Waals surface area contributed by atoms with Crippen molar-refractivity contribution >= 4 is 29.8 Å². The van der Waals surface area contributed by atoms with Crippen LogP contribution in [0.5, 0.6) is 0 Å². The predicted molar refractivity (Wildman–Crippen MR) is 101 cm³/mol. The second kappa shape index (κ2) is 12.2. The highest BCUT2D eigenvalue weighted by atomic mass is 16.8. The molecule has 1 rings (SSSR count). The van der Waals surface area contributed by atoms with Crippen LogP contribution in [-0.4, -0.2) is 78.7 Å². The topological polar surface area (TPSA) is 164 Å². The second-order valence-electron chi connectivity index (χ2n) is 6.98. The molecule has 31 heavy (non-hydrogen) atoms. The number of esters is 3. The maximum atomic E-state index is 12.0. The Kier molecular flexibility index (Phi) is 10.4. The van der Waals surface area contributed by atoms with E-state index in [1.54, 1.807) is 0 Å². The van der Waals surface area contributed by atoms with Gasteiger partial charge < -0.3 is 34.1 Å². The molecule has 1 saturated heterocycles. The summed E-state index contributed by atoms with van der Waals surface area (Å²) in [5.41, 5.74) is 0. The largest absolute Gasteiger partial charge is 0.481 e. The molecule has 12 nitrogen and oxygen atoms in total. The van der Waals surface area contributed by atoms with Crippen LogP contribution in [-0.2, 0) is 47.7 Å². The summed E-state index contributed by atoms with van der Waals surface area (Å²) in [5.74, 6) is -5.66. The number of carbonyl (C=O) groups excluding carboxylic acids is 4. The molecule has 0 bridgehead atoms. The SMILES string of the molecule is CC(=O)N[C@H]1CO[C@H](COC(C)=O)C(OCCCCC(=O)O)(OC(C)=O)[C@@H]1OC(C)=O. The Balaban J connectivity index is 3.29. The highest BCUT2D eigenvalue weighted by Crippen LogP contribution is 2.35. The minimum absolute atomic E-state index is 0.0922. The van der Waals surface area contributed by atoms with Crippen molar-refractivity contribution in [1.29, 1.82) is 0 Å². The van der Waals surface area contributed by atoms with Gasteiger partial charge in [-0.25, -0.2) is 0 Å². The molecule has 0 aliphatic carbocycles. The number of carboxylic acids is 1. The van der Waals surface area contributed by atoms with Crippen LogP contribution < -0.4 is 5.32 Å². The summed E-state index contributed by atoms with van der Waals surface area (Å²) < 4.78 is 27.4. The first kappa shape index (κ1) is 26.3. The first-order valence-corrected chi connectivity index (χ1v) is 9.72. The monoisotopic (exact) mass is 447 g/mol. The maximum absolute atomic E-state index is 12.0. The van der Waals surface area contributed by atoms with Gasteiger partial charge in [0.1, 0.15) is 6.61 Å². The van der Waals surface area contributed by atoms with Gasteiger partial charge in [0, 0.05) is 34.1 Å². The van der Waals surface area contributed by atoms with Gasteiger partial charge in [-0.05, 0) is 12.8 Å². The van der Waals surface area contributed by atoms with E-state index < -0.39 is 53.8 Å². The van der Waals surface area contributed by atoms with Gasteiger partial charge in [0.05, 0.1) is 19.3 Å². The van der Waals surface area contributed by atoms with Crippen LogP contribution in [0.2, 0.25) is 0 Å². The smallest absolute Gasteiger partial charge is 0.305 e. The molecule has 1 fully saturated rings. The lowest BCUT2D eigenvalue weighted by molar-refractivity contribution is -0.344. The predicted octanol–water partition coefficient (Wildman–Crippen LogP) is -0.0844. The zero-order valence-electron chi connectivity index (χ0n) is 18.0. The van der Waals surface area contributed by atoms with E-state index in [0.29, 0.717) is 0 Å². The van der Waals surface area contributed by atoms with Crippen LogP contribution in [0.4, 0.5) is 0 Å². The van der Waals surface area contributed by atoms with E-state index in [1.807, 2.05) is 0 Å². The van der Waals surface area contributed by atoms with Crippen molar-refractivity contribution in [2.75, 3.05) is 19.8 Å². The number of ether oxygens (including phenoxy) is 5. The molecule has 0 aromatic heterocycles. The van der Waals surface area contributed by atoms with Gasteiger partial charge in [0.15, 0.2) is 12.2 Å². The third-order valence-electron chi connectivity index (χ3n) is 4.22. The molecule has 1 aliphatic rings. The van der Waals surface area contributed by atoms with E-state index in [-0.39, 0.29) is 39.1 Å². The van der Waals surface area contributed by atoms with Gasteiger partial charge in [-0.2, -0.15) is 0 Å². The summed E-state index contributed by atoms with van der Waals surface area (Å²) in [5, 5.41) is 11.3. The molecule has 0 radical (unpaired) electrons. The van der Waals surface area contributed by atoms with Crippen LogP contribution in [0.3, 0.4) is 0 Å². The second-order valence-corrected chi connectivity index (χ2v) is 6.98. The normalized spacial score (nSPS) is 25.2. The molecule has 4 atom stereocenters. The number of hydrogen-bond acceptors (Lipinski definition) is 10. The molecule has 1 amide bonds. The molecule has 1 aliphatic heterocycles. The molecule has 2 N–H and O–H groups in total. The maximum Gasteiger partial charge on any atom is 0.305 e. The average molecular weight is 447 g/mol. The van der Waals surface area contributed by atoms with Crippen LogP contribution in [0.15, 0.2) is 0 Å². The quantitative estimate of drug-likeness (QED) is 0.188. The minimum atomic E-state index is -2.05. The first-order valence-electron chi connectivity index (χ1n) is 9.72. The number of unbranched alkanes of at least 4 members (excludes halogenated alkanes) is 1. The number of carbonyl (C=O) groups is 5. The fourth-order valence-corrected chi connectivity index (χ4v) is 3.13. The molecule has 1 heterocycles. The van der Waals surface area contributed by atoms with Crippen molar-refractivity contribution < 1.29 is 52.8 Å². The fraction of sp³-hybridized carbons (Fsp3) is 0.737. The van der Waals surface area contributed by atoms with Crippen molar-refractivity contribution in [2.45, 2.75) is 71.0 Å². The Morgan fingerprint density at radius 2 is 1.71 bits per heavy atom. The van der Waals surface area contributed by atoms with Gasteiger partial charge in [0.2, 0.25) is 5.91 Å². The third-order valence-corrected chi connectivity index (χ3v) is 4.22. The van der Waals surface area contributed by atoms with Gasteiger partial charge in [-0.3, -0.25) is 24.0 Å². The van der Waals surface area contributed by atoms with Crippen LogP contribution in [0, 0.1) is 0 Å². The van der Waals surface area contributed by atoms with Crippen molar-refractivity contribution in [3.05, 3.63) is 0 Å². The number of hydrogen-bond donors (Lipinski definition) is 2. The average Bonchev–Trinajstić information content (AvgIpc) is 2.62. The van der Waals surface area contributed by atoms with E-state index in [4.69, 9.17) is 28.8 Å². The van der Waals surface area contributed by atoms with Gasteiger partial charge in [0.25, 0.3) is 5.79 Å². The number of nitrogens with one attached hydrogen (secondary N) is 1. The molecule has 0 saturated carbocycles. The summed E-state index contributed by atoms with van der Waals surface area (Å²) in [6.07, 6.45) is -2.07. The Labute approximate surface area is 179 Å². The zero-order chi connectivity index (χ0) is 23.6. The molecular weight excluding hydrogens is 418 g/mol. The lowest BCUT2D eigenvalue weighted by atomic mass is 9.93. The molecule has 1 unspecified atom stereocenters. The van der Waals surface area contributed by atoms with Crippen molar-refractivity contribution in [3.63, 3.8) is 0 Å². The van der Waals surface area contributed by atoms with Gasteiger partial charge in [-0.1, -0.05) is 0 Å². The molecule has 176 valence electrons. The van der Waals surface area contributed by atoms with E-state index in [2.05, 4.69) is 5.32 Å². The zero-order valence-corrected chi connectivity index (χ0v) is 18.0. The van der Waals surface area contributed by atoms with Crippen LogP contribution in [0.25, 0.3) is 0 Å². The Bertz CT molecular complexity index is 680. The van der Waals surface area contributed by atoms with E-state index in [0.717, 1.165) is 13.8 Å². The highest BCUT2D eigenvalue weighted by molar-refractivity contribution is 5.73. The summed E-state index contributed by atoms with van der Waals surface area (Å²) in [7, 11) is 0. The lowest BCUT2D eigenvalue weighted by Gasteiger charge is -2.49. The standard InChI is InChI=1S/C19H29NO11/c1-11(21)20-15-9-28-16(10-27-12(2)22)19(31-14(4)24,18(15)30-13(3)23)29-8-6-5-7-17(25)26/h15-16,18H,5-10H2,1-4H3,(H,20,21)(H,25,26)/t15-,16+,18+,19?/m0/s1. The van der Waals surface area contributed by atoms with Gasteiger partial charge in [-0.15, -0.1) is 0 Å². The molecule has 12 heteroatoms. The van der Waals surface area contributed by atoms with Crippen LogP contribution >= 0.6 is 0 Å². The summed E-state index contributed by atoms with van der Waals surface area (Å²) in [4.78, 5) is 57.5. The van der Waals surface area contributed by atoms with Crippen molar-refractivity contribution in [1.82, 2.24) is 5.32 Å². The number of rotatable bonds is 11. The van der Waals surface area contributed by atoms with E-state index in [9.17, 15) is 24.0 Å². The fourth-order valence-electron chi connectivity index (χ4n) is 3.13. The minimum Gasteiger partial charge on any atom is -0.481 e. The summed E-state index contributed by atoms with van der Waals surface area (Å²) in [6.45, 7) is 4.03. The number of amides is 1. The summed E-state index contributed by atoms with van der Waals surface area (Å²) >= 11 is 0. The number of aliphatic carboxylic acids is 1.